The SMILES string of the molecule is CCS(=O)(=O)N(C)CCCNC(=O)c1cc2c(C)nn(Cc3ccccc3)c2s1. The summed E-state index contributed by atoms with van der Waals surface area (Å²) in [7, 11) is -1.62. The average Bonchev–Trinajstić information content (AvgIpc) is 3.27. The molecule has 29 heavy (non-hydrogen) atoms. The molecule has 0 aliphatic rings. The van der Waals surface area contributed by atoms with Crippen LogP contribution in [-0.4, -0.2) is 54.3 Å². The number of hydrogen-bond donors (Lipinski definition) is 1. The van der Waals surface area contributed by atoms with E-state index in [9.17, 15) is 13.2 Å². The van der Waals surface area contributed by atoms with Gasteiger partial charge in [0.05, 0.1) is 22.9 Å². The summed E-state index contributed by atoms with van der Waals surface area (Å²) in [5.74, 6) is -0.0605. The Morgan fingerprint density at radius 2 is 2.00 bits per heavy atom. The minimum Gasteiger partial charge on any atom is -0.351 e. The molecule has 0 unspecified atom stereocenters. The fraction of sp³-hybridized carbons (Fsp3) is 0.400. The highest BCUT2D eigenvalue weighted by Gasteiger charge is 2.17. The van der Waals surface area contributed by atoms with E-state index < -0.39 is 10.0 Å². The third kappa shape index (κ3) is 5.04. The highest BCUT2D eigenvalue weighted by Crippen LogP contribution is 2.28. The lowest BCUT2D eigenvalue weighted by Crippen LogP contribution is -2.32. The molecule has 0 aliphatic heterocycles. The summed E-state index contributed by atoms with van der Waals surface area (Å²) in [5.41, 5.74) is 2.06. The van der Waals surface area contributed by atoms with Crippen LogP contribution in [0.5, 0.6) is 0 Å². The number of fused-ring (bicyclic) bond motifs is 1. The second kappa shape index (κ2) is 9.06. The van der Waals surface area contributed by atoms with Gasteiger partial charge >= 0.3 is 0 Å². The first-order valence-corrected chi connectivity index (χ1v) is 12.0. The van der Waals surface area contributed by atoms with Crippen molar-refractivity contribution < 1.29 is 13.2 Å². The largest absolute Gasteiger partial charge is 0.351 e. The zero-order valence-corrected chi connectivity index (χ0v) is 18.5. The predicted molar refractivity (Wildman–Crippen MR) is 117 cm³/mol. The van der Waals surface area contributed by atoms with Gasteiger partial charge in [-0.15, -0.1) is 11.3 Å². The molecular weight excluding hydrogens is 408 g/mol. The Bertz CT molecular complexity index is 1090. The summed E-state index contributed by atoms with van der Waals surface area (Å²) >= 11 is 1.43. The molecule has 1 aromatic carbocycles. The molecule has 3 aromatic rings. The number of aryl methyl sites for hydroxylation is 1. The van der Waals surface area contributed by atoms with E-state index in [1.54, 1.807) is 14.0 Å². The van der Waals surface area contributed by atoms with Crippen LogP contribution in [0.4, 0.5) is 0 Å². The monoisotopic (exact) mass is 434 g/mol. The number of nitrogens with one attached hydrogen (secondary N) is 1. The molecule has 0 radical (unpaired) electrons. The maximum Gasteiger partial charge on any atom is 0.261 e. The van der Waals surface area contributed by atoms with Crippen LogP contribution in [-0.2, 0) is 16.6 Å². The molecule has 0 saturated heterocycles. The second-order valence-corrected chi connectivity index (χ2v) is 10.3. The first kappa shape index (κ1) is 21.5. The molecule has 0 atom stereocenters. The summed E-state index contributed by atoms with van der Waals surface area (Å²) in [5, 5.41) is 8.48. The number of carbonyl (C=O) groups excluding carboxylic acids is 1. The zero-order chi connectivity index (χ0) is 21.0. The Morgan fingerprint density at radius 1 is 1.28 bits per heavy atom. The molecule has 2 aromatic heterocycles. The minimum atomic E-state index is -3.18. The van der Waals surface area contributed by atoms with Gasteiger partial charge in [-0.05, 0) is 31.9 Å². The Hall–Kier alpha value is -2.23. The van der Waals surface area contributed by atoms with Crippen molar-refractivity contribution in [3.05, 3.63) is 52.5 Å². The number of rotatable bonds is 9. The molecule has 0 saturated carbocycles. The van der Waals surface area contributed by atoms with Crippen molar-refractivity contribution in [2.75, 3.05) is 25.9 Å². The van der Waals surface area contributed by atoms with Crippen LogP contribution in [0, 0.1) is 6.92 Å². The van der Waals surface area contributed by atoms with E-state index in [1.165, 1.54) is 15.6 Å². The van der Waals surface area contributed by atoms with E-state index in [4.69, 9.17) is 0 Å². The molecule has 156 valence electrons. The zero-order valence-electron chi connectivity index (χ0n) is 16.9. The van der Waals surface area contributed by atoms with Gasteiger partial charge in [-0.3, -0.25) is 9.48 Å². The van der Waals surface area contributed by atoms with Gasteiger partial charge < -0.3 is 5.32 Å². The number of aromatic nitrogens is 2. The van der Waals surface area contributed by atoms with Gasteiger partial charge in [0.2, 0.25) is 10.0 Å². The lowest BCUT2D eigenvalue weighted by atomic mass is 10.2. The molecule has 7 nitrogen and oxygen atoms in total. The molecule has 0 fully saturated rings. The summed E-state index contributed by atoms with van der Waals surface area (Å²) < 4.78 is 26.8. The molecule has 9 heteroatoms. The van der Waals surface area contributed by atoms with Gasteiger partial charge in [0, 0.05) is 25.5 Å². The highest BCUT2D eigenvalue weighted by atomic mass is 32.2. The smallest absolute Gasteiger partial charge is 0.261 e. The van der Waals surface area contributed by atoms with Crippen LogP contribution >= 0.6 is 11.3 Å². The third-order valence-electron chi connectivity index (χ3n) is 4.78. The van der Waals surface area contributed by atoms with Gasteiger partial charge in [0.25, 0.3) is 5.91 Å². The number of benzene rings is 1. The van der Waals surface area contributed by atoms with Crippen LogP contribution in [0.2, 0.25) is 0 Å². The normalized spacial score (nSPS) is 12.0. The number of nitrogens with zero attached hydrogens (tertiary/aromatic N) is 3. The standard InChI is InChI=1S/C20H26N4O3S2/c1-4-29(26,27)23(3)12-8-11-21-19(25)18-13-17-15(2)22-24(20(17)28-18)14-16-9-6-5-7-10-16/h5-7,9-10,13H,4,8,11-12,14H2,1-3H3,(H,21,25). The Balaban J connectivity index is 1.63. The van der Waals surface area contributed by atoms with Gasteiger partial charge in [-0.1, -0.05) is 30.3 Å². The van der Waals surface area contributed by atoms with Crippen molar-refractivity contribution >= 4 is 37.5 Å². The van der Waals surface area contributed by atoms with Crippen molar-refractivity contribution in [2.45, 2.75) is 26.8 Å². The molecule has 1 amide bonds. The maximum atomic E-state index is 12.5. The van der Waals surface area contributed by atoms with Gasteiger partial charge in [0.1, 0.15) is 4.83 Å². The number of thiophene rings is 1. The fourth-order valence-corrected chi connectivity index (χ4v) is 4.96. The topological polar surface area (TPSA) is 84.3 Å². The Labute approximate surface area is 175 Å². The number of sulfonamides is 1. The van der Waals surface area contributed by atoms with E-state index in [0.29, 0.717) is 30.9 Å². The first-order valence-electron chi connectivity index (χ1n) is 9.55. The van der Waals surface area contributed by atoms with Crippen LogP contribution < -0.4 is 5.32 Å². The van der Waals surface area contributed by atoms with E-state index in [0.717, 1.165) is 21.5 Å². The molecule has 3 rings (SSSR count). The van der Waals surface area contributed by atoms with Crippen LogP contribution in [0.15, 0.2) is 36.4 Å². The molecular formula is C20H26N4O3S2. The van der Waals surface area contributed by atoms with Gasteiger partial charge in [-0.25, -0.2) is 12.7 Å². The molecule has 0 bridgehead atoms. The number of amides is 1. The van der Waals surface area contributed by atoms with E-state index in [1.807, 2.05) is 35.9 Å². The van der Waals surface area contributed by atoms with Crippen molar-refractivity contribution in [1.29, 1.82) is 0 Å². The molecule has 1 N–H and O–H groups in total. The van der Waals surface area contributed by atoms with Crippen LogP contribution in [0.1, 0.15) is 34.3 Å². The lowest BCUT2D eigenvalue weighted by molar-refractivity contribution is 0.0957. The predicted octanol–water partition coefficient (Wildman–Crippen LogP) is 2.86. The van der Waals surface area contributed by atoms with Crippen molar-refractivity contribution in [3.63, 3.8) is 0 Å². The summed E-state index contributed by atoms with van der Waals surface area (Å²) in [6.45, 7) is 5.03. The van der Waals surface area contributed by atoms with E-state index >= 15 is 0 Å². The quantitative estimate of drug-likeness (QED) is 0.525. The average molecular weight is 435 g/mol. The minimum absolute atomic E-state index is 0.0804. The number of carbonyl (C=O) groups is 1. The first-order chi connectivity index (χ1) is 13.8. The van der Waals surface area contributed by atoms with Gasteiger partial charge in [0.15, 0.2) is 0 Å². The maximum absolute atomic E-state index is 12.5. The van der Waals surface area contributed by atoms with Crippen molar-refractivity contribution in [3.8, 4) is 0 Å². The van der Waals surface area contributed by atoms with Crippen molar-refractivity contribution in [2.24, 2.45) is 0 Å². The summed E-state index contributed by atoms with van der Waals surface area (Å²) in [6.07, 6.45) is 0.563. The Kier molecular flexibility index (Phi) is 6.71. The Morgan fingerprint density at radius 3 is 2.69 bits per heavy atom. The van der Waals surface area contributed by atoms with E-state index in [2.05, 4.69) is 22.5 Å². The third-order valence-corrected chi connectivity index (χ3v) is 7.79. The highest BCUT2D eigenvalue weighted by molar-refractivity contribution is 7.89. The fourth-order valence-electron chi connectivity index (χ4n) is 3.04. The lowest BCUT2D eigenvalue weighted by Gasteiger charge is -2.15. The van der Waals surface area contributed by atoms with E-state index in [-0.39, 0.29) is 11.7 Å². The second-order valence-electron chi connectivity index (χ2n) is 6.89. The summed E-state index contributed by atoms with van der Waals surface area (Å²) in [4.78, 5) is 14.1. The molecule has 0 aliphatic carbocycles. The van der Waals surface area contributed by atoms with Crippen molar-refractivity contribution in [1.82, 2.24) is 19.4 Å². The molecule has 2 heterocycles. The van der Waals surface area contributed by atoms with Crippen LogP contribution in [0.3, 0.4) is 0 Å². The van der Waals surface area contributed by atoms with Gasteiger partial charge in [-0.2, -0.15) is 5.10 Å². The van der Waals surface area contributed by atoms with Crippen LogP contribution in [0.25, 0.3) is 10.2 Å². The number of hydrogen-bond acceptors (Lipinski definition) is 5. The molecule has 0 spiro atoms. The summed E-state index contributed by atoms with van der Waals surface area (Å²) in [6, 6.07) is 12.0.